The SMILES string of the molecule is c1ccc2c(c1)Oc1cccc(-c3nc(-c4ccc5sc6ccccc6c5c4)nc(-c4ccc5c6ccccc6c6ccccc6c5c4)n3)c1S2. The zero-order chi connectivity index (χ0) is 33.5. The van der Waals surface area contributed by atoms with Gasteiger partial charge in [-0.15, -0.1) is 11.3 Å². The average molecular weight is 688 g/mol. The van der Waals surface area contributed by atoms with E-state index in [1.807, 2.05) is 41.7 Å². The molecule has 1 aliphatic heterocycles. The molecule has 8 aromatic carbocycles. The molecule has 0 radical (unpaired) electrons. The highest BCUT2D eigenvalue weighted by Gasteiger charge is 2.24. The lowest BCUT2D eigenvalue weighted by Crippen LogP contribution is -2.02. The van der Waals surface area contributed by atoms with Crippen LogP contribution in [0.15, 0.2) is 161 Å². The second-order valence-corrected chi connectivity index (χ2v) is 14.9. The van der Waals surface area contributed by atoms with Crippen molar-refractivity contribution in [2.75, 3.05) is 0 Å². The van der Waals surface area contributed by atoms with Gasteiger partial charge in [-0.1, -0.05) is 109 Å². The first kappa shape index (κ1) is 28.7. The molecule has 0 atom stereocenters. The van der Waals surface area contributed by atoms with Gasteiger partial charge in [0.1, 0.15) is 11.5 Å². The van der Waals surface area contributed by atoms with E-state index in [4.69, 9.17) is 19.7 Å². The molecular formula is C45H25N3OS2. The highest BCUT2D eigenvalue weighted by Crippen LogP contribution is 2.50. The van der Waals surface area contributed by atoms with E-state index in [-0.39, 0.29) is 0 Å². The zero-order valence-corrected chi connectivity index (χ0v) is 28.6. The van der Waals surface area contributed by atoms with Gasteiger partial charge in [0, 0.05) is 36.9 Å². The summed E-state index contributed by atoms with van der Waals surface area (Å²) in [5, 5.41) is 9.77. The predicted octanol–water partition coefficient (Wildman–Crippen LogP) is 13.0. The lowest BCUT2D eigenvalue weighted by Gasteiger charge is -2.21. The van der Waals surface area contributed by atoms with E-state index in [9.17, 15) is 0 Å². The van der Waals surface area contributed by atoms with Gasteiger partial charge >= 0.3 is 0 Å². The number of rotatable bonds is 3. The number of aromatic nitrogens is 3. The highest BCUT2D eigenvalue weighted by molar-refractivity contribution is 7.99. The van der Waals surface area contributed by atoms with Crippen molar-refractivity contribution in [1.82, 2.24) is 15.0 Å². The number of nitrogens with zero attached hydrogens (tertiary/aromatic N) is 3. The Morgan fingerprint density at radius 2 is 0.941 bits per heavy atom. The van der Waals surface area contributed by atoms with Crippen molar-refractivity contribution < 1.29 is 4.74 Å². The van der Waals surface area contributed by atoms with Gasteiger partial charge in [0.05, 0.1) is 9.79 Å². The zero-order valence-electron chi connectivity index (χ0n) is 27.0. The van der Waals surface area contributed by atoms with Crippen molar-refractivity contribution in [2.45, 2.75) is 9.79 Å². The second kappa shape index (κ2) is 11.2. The molecule has 0 bridgehead atoms. The van der Waals surface area contributed by atoms with Crippen LogP contribution in [0.5, 0.6) is 11.5 Å². The largest absolute Gasteiger partial charge is 0.455 e. The molecule has 0 saturated carbocycles. The van der Waals surface area contributed by atoms with E-state index in [0.29, 0.717) is 17.5 Å². The molecule has 51 heavy (non-hydrogen) atoms. The molecule has 0 saturated heterocycles. The van der Waals surface area contributed by atoms with Crippen LogP contribution < -0.4 is 4.74 Å². The molecule has 4 nitrogen and oxygen atoms in total. The summed E-state index contributed by atoms with van der Waals surface area (Å²) >= 11 is 3.50. The summed E-state index contributed by atoms with van der Waals surface area (Å²) in [4.78, 5) is 17.7. The number of hydrogen-bond acceptors (Lipinski definition) is 6. The quantitative estimate of drug-likeness (QED) is 0.173. The molecule has 10 aromatic rings. The standard InChI is InChI=1S/C45H25N3OS2/c1-2-12-30-28(10-1)29-11-3-4-13-31(29)35-24-26(20-22-32(30)35)43-46-44(27-21-23-40-36(25-27)33-14-5-7-18-39(33)50-40)48-45(47-43)34-15-9-17-38-42(34)51-41-19-8-6-16-37(41)49-38/h1-25H. The lowest BCUT2D eigenvalue weighted by atomic mass is 9.93. The Hall–Kier alpha value is -6.08. The average Bonchev–Trinajstić information content (AvgIpc) is 3.57. The van der Waals surface area contributed by atoms with E-state index < -0.39 is 0 Å². The van der Waals surface area contributed by atoms with Crippen LogP contribution in [0.25, 0.3) is 86.7 Å². The minimum atomic E-state index is 0.612. The Bertz CT molecular complexity index is 3020. The third-order valence-electron chi connectivity index (χ3n) is 9.77. The molecule has 11 rings (SSSR count). The Labute approximate surface area is 301 Å². The van der Waals surface area contributed by atoms with Gasteiger partial charge in [0.25, 0.3) is 0 Å². The predicted molar refractivity (Wildman–Crippen MR) is 212 cm³/mol. The van der Waals surface area contributed by atoms with Crippen molar-refractivity contribution in [3.05, 3.63) is 152 Å². The van der Waals surface area contributed by atoms with Crippen molar-refractivity contribution >= 4 is 75.6 Å². The van der Waals surface area contributed by atoms with E-state index >= 15 is 0 Å². The summed E-state index contributed by atoms with van der Waals surface area (Å²) in [6.45, 7) is 0. The van der Waals surface area contributed by atoms with Crippen LogP contribution in [0, 0.1) is 0 Å². The molecule has 0 aliphatic carbocycles. The fourth-order valence-corrected chi connectivity index (χ4v) is 9.53. The minimum Gasteiger partial charge on any atom is -0.455 e. The van der Waals surface area contributed by atoms with Crippen LogP contribution in [-0.2, 0) is 0 Å². The first-order valence-electron chi connectivity index (χ1n) is 16.8. The molecule has 0 amide bonds. The number of para-hydroxylation sites is 1. The van der Waals surface area contributed by atoms with Crippen molar-refractivity contribution in [2.24, 2.45) is 0 Å². The molecule has 0 fully saturated rings. The van der Waals surface area contributed by atoms with Gasteiger partial charge in [0.15, 0.2) is 17.5 Å². The third-order valence-corrected chi connectivity index (χ3v) is 12.1. The maximum Gasteiger partial charge on any atom is 0.165 e. The van der Waals surface area contributed by atoms with Crippen LogP contribution in [0.1, 0.15) is 0 Å². The van der Waals surface area contributed by atoms with Crippen LogP contribution in [0.4, 0.5) is 0 Å². The molecule has 2 aromatic heterocycles. The second-order valence-electron chi connectivity index (χ2n) is 12.8. The summed E-state index contributed by atoms with van der Waals surface area (Å²) in [6.07, 6.45) is 0. The first-order chi connectivity index (χ1) is 25.2. The number of ether oxygens (including phenoxy) is 1. The topological polar surface area (TPSA) is 47.9 Å². The number of hydrogen-bond donors (Lipinski definition) is 0. The minimum absolute atomic E-state index is 0.612. The Morgan fingerprint density at radius 3 is 1.71 bits per heavy atom. The van der Waals surface area contributed by atoms with Gasteiger partial charge in [0.2, 0.25) is 0 Å². The molecule has 0 spiro atoms. The number of fused-ring (bicyclic) bond motifs is 11. The normalized spacial score (nSPS) is 12.4. The molecular weight excluding hydrogens is 663 g/mol. The van der Waals surface area contributed by atoms with E-state index in [0.717, 1.165) is 38.0 Å². The molecule has 6 heteroatoms. The Kier molecular flexibility index (Phi) is 6.32. The summed E-state index contributed by atoms with van der Waals surface area (Å²) < 4.78 is 8.90. The molecule has 238 valence electrons. The van der Waals surface area contributed by atoms with Crippen molar-refractivity contribution in [1.29, 1.82) is 0 Å². The van der Waals surface area contributed by atoms with Gasteiger partial charge in [-0.2, -0.15) is 0 Å². The van der Waals surface area contributed by atoms with Gasteiger partial charge in [-0.3, -0.25) is 0 Å². The Morgan fingerprint density at radius 1 is 0.392 bits per heavy atom. The van der Waals surface area contributed by atoms with Gasteiger partial charge in [-0.25, -0.2) is 15.0 Å². The summed E-state index contributed by atoms with van der Waals surface area (Å²) in [5.74, 6) is 3.53. The molecule has 0 N–H and O–H groups in total. The molecule has 3 heterocycles. The maximum absolute atomic E-state index is 6.38. The number of benzene rings is 8. The monoisotopic (exact) mass is 687 g/mol. The van der Waals surface area contributed by atoms with Crippen molar-refractivity contribution in [3.8, 4) is 45.7 Å². The van der Waals surface area contributed by atoms with Gasteiger partial charge < -0.3 is 4.74 Å². The van der Waals surface area contributed by atoms with E-state index in [1.165, 1.54) is 52.5 Å². The smallest absolute Gasteiger partial charge is 0.165 e. The fourth-order valence-electron chi connectivity index (χ4n) is 7.39. The Balaban J connectivity index is 1.15. The lowest BCUT2D eigenvalue weighted by molar-refractivity contribution is 0.455. The summed E-state index contributed by atoms with van der Waals surface area (Å²) in [7, 11) is 0. The van der Waals surface area contributed by atoms with Gasteiger partial charge in [-0.05, 0) is 86.9 Å². The van der Waals surface area contributed by atoms with E-state index in [1.54, 1.807) is 11.8 Å². The fraction of sp³-hybridized carbons (Fsp3) is 0. The van der Waals surface area contributed by atoms with Crippen LogP contribution in [0.2, 0.25) is 0 Å². The summed E-state index contributed by atoms with van der Waals surface area (Å²) in [6, 6.07) is 53.3. The third kappa shape index (κ3) is 4.57. The first-order valence-corrected chi connectivity index (χ1v) is 18.5. The number of thiophene rings is 1. The van der Waals surface area contributed by atoms with E-state index in [2.05, 4.69) is 121 Å². The highest BCUT2D eigenvalue weighted by atomic mass is 32.2. The van der Waals surface area contributed by atoms with Crippen LogP contribution in [-0.4, -0.2) is 15.0 Å². The van der Waals surface area contributed by atoms with Crippen molar-refractivity contribution in [3.63, 3.8) is 0 Å². The molecule has 1 aliphatic rings. The molecule has 0 unspecified atom stereocenters. The maximum atomic E-state index is 6.38. The van der Waals surface area contributed by atoms with Crippen LogP contribution >= 0.6 is 23.1 Å². The van der Waals surface area contributed by atoms with Crippen LogP contribution in [0.3, 0.4) is 0 Å². The summed E-state index contributed by atoms with van der Waals surface area (Å²) in [5.41, 5.74) is 2.80.